The van der Waals surface area contributed by atoms with Crippen molar-refractivity contribution >= 4 is 5.82 Å². The highest BCUT2D eigenvalue weighted by atomic mass is 16.5. The van der Waals surface area contributed by atoms with E-state index in [-0.39, 0.29) is 0 Å². The quantitative estimate of drug-likeness (QED) is 0.781. The summed E-state index contributed by atoms with van der Waals surface area (Å²) in [4.78, 5) is 6.95. The number of piperidine rings is 1. The second-order valence-corrected chi connectivity index (χ2v) is 4.55. The van der Waals surface area contributed by atoms with Crippen molar-refractivity contribution in [1.82, 2.24) is 4.98 Å². The molecule has 0 aromatic carbocycles. The van der Waals surface area contributed by atoms with Gasteiger partial charge in [-0.25, -0.2) is 4.98 Å². The second kappa shape index (κ2) is 5.30. The van der Waals surface area contributed by atoms with Crippen LogP contribution < -0.4 is 4.90 Å². The summed E-state index contributed by atoms with van der Waals surface area (Å²) < 4.78 is 5.24. The molecule has 0 saturated carbocycles. The Balaban J connectivity index is 2.03. The van der Waals surface area contributed by atoms with Crippen LogP contribution in [0.4, 0.5) is 5.82 Å². The maximum absolute atomic E-state index is 5.24. The van der Waals surface area contributed by atoms with E-state index in [9.17, 15) is 0 Å². The molecule has 1 atom stereocenters. The van der Waals surface area contributed by atoms with Crippen molar-refractivity contribution in [2.45, 2.75) is 19.8 Å². The molecule has 1 aliphatic heterocycles. The van der Waals surface area contributed by atoms with E-state index in [1.807, 2.05) is 13.0 Å². The van der Waals surface area contributed by atoms with Gasteiger partial charge in [0.05, 0.1) is 6.61 Å². The Morgan fingerprint density at radius 1 is 1.50 bits per heavy atom. The molecule has 0 radical (unpaired) electrons. The molecule has 1 saturated heterocycles. The summed E-state index contributed by atoms with van der Waals surface area (Å²) in [6.45, 7) is 5.10. The maximum atomic E-state index is 5.24. The van der Waals surface area contributed by atoms with Crippen LogP contribution in [0, 0.1) is 12.8 Å². The minimum atomic E-state index is 0.654. The van der Waals surface area contributed by atoms with Gasteiger partial charge in [-0.1, -0.05) is 6.07 Å². The fourth-order valence-corrected chi connectivity index (χ4v) is 2.35. The lowest BCUT2D eigenvalue weighted by atomic mass is 9.99. The van der Waals surface area contributed by atoms with Crippen molar-refractivity contribution < 1.29 is 4.74 Å². The number of aromatic nitrogens is 1. The van der Waals surface area contributed by atoms with Gasteiger partial charge >= 0.3 is 0 Å². The third-order valence-electron chi connectivity index (χ3n) is 3.12. The summed E-state index contributed by atoms with van der Waals surface area (Å²) in [7, 11) is 1.78. The van der Waals surface area contributed by atoms with Crippen molar-refractivity contribution in [3.63, 3.8) is 0 Å². The highest BCUT2D eigenvalue weighted by molar-refractivity contribution is 5.39. The lowest BCUT2D eigenvalue weighted by molar-refractivity contribution is 0.143. The molecule has 88 valence electrons. The predicted molar refractivity (Wildman–Crippen MR) is 65.8 cm³/mol. The number of ether oxygens (including phenoxy) is 1. The first-order chi connectivity index (χ1) is 7.79. The van der Waals surface area contributed by atoms with Crippen molar-refractivity contribution in [2.75, 3.05) is 31.7 Å². The SMILES string of the molecule is COC[C@@H]1CCCN(c2cccc(C)n2)C1. The molecular formula is C13H20N2O. The Hall–Kier alpha value is -1.09. The average molecular weight is 220 g/mol. The van der Waals surface area contributed by atoms with E-state index in [1.165, 1.54) is 12.8 Å². The lowest BCUT2D eigenvalue weighted by Crippen LogP contribution is -2.37. The molecule has 2 heterocycles. The number of pyridine rings is 1. The molecule has 0 N–H and O–H groups in total. The molecule has 3 nitrogen and oxygen atoms in total. The standard InChI is InChI=1S/C13H20N2O/c1-11-5-3-7-13(14-11)15-8-4-6-12(9-15)10-16-2/h3,5,7,12H,4,6,8-10H2,1-2H3/t12-/m1/s1. The molecule has 1 aliphatic rings. The van der Waals surface area contributed by atoms with Crippen LogP contribution >= 0.6 is 0 Å². The molecule has 3 heteroatoms. The molecule has 1 fully saturated rings. The number of aryl methyl sites for hydroxylation is 1. The summed E-state index contributed by atoms with van der Waals surface area (Å²) in [5, 5.41) is 0. The van der Waals surface area contributed by atoms with E-state index in [1.54, 1.807) is 7.11 Å². The van der Waals surface area contributed by atoms with Gasteiger partial charge < -0.3 is 9.64 Å². The molecule has 2 rings (SSSR count). The van der Waals surface area contributed by atoms with Crippen LogP contribution in [-0.4, -0.2) is 31.8 Å². The van der Waals surface area contributed by atoms with Crippen LogP contribution in [-0.2, 0) is 4.74 Å². The van der Waals surface area contributed by atoms with Crippen molar-refractivity contribution in [1.29, 1.82) is 0 Å². The summed E-state index contributed by atoms with van der Waals surface area (Å²) in [5.41, 5.74) is 1.09. The molecule has 0 bridgehead atoms. The number of methoxy groups -OCH3 is 1. The van der Waals surface area contributed by atoms with Gasteiger partial charge in [0, 0.05) is 25.9 Å². The molecule has 0 spiro atoms. The number of hydrogen-bond donors (Lipinski definition) is 0. The van der Waals surface area contributed by atoms with Gasteiger partial charge in [-0.05, 0) is 37.8 Å². The molecular weight excluding hydrogens is 200 g/mol. The third kappa shape index (κ3) is 2.73. The zero-order chi connectivity index (χ0) is 11.4. The highest BCUT2D eigenvalue weighted by Gasteiger charge is 2.20. The molecule has 0 unspecified atom stereocenters. The van der Waals surface area contributed by atoms with Crippen LogP contribution in [0.1, 0.15) is 18.5 Å². The van der Waals surface area contributed by atoms with E-state index in [4.69, 9.17) is 4.74 Å². The number of rotatable bonds is 3. The van der Waals surface area contributed by atoms with E-state index < -0.39 is 0 Å². The average Bonchev–Trinajstić information content (AvgIpc) is 2.30. The molecule has 1 aromatic rings. The summed E-state index contributed by atoms with van der Waals surface area (Å²) in [6.07, 6.45) is 2.51. The normalized spacial score (nSPS) is 21.1. The molecule has 0 aliphatic carbocycles. The smallest absolute Gasteiger partial charge is 0.128 e. The minimum absolute atomic E-state index is 0.654. The monoisotopic (exact) mass is 220 g/mol. The van der Waals surface area contributed by atoms with Gasteiger partial charge in [-0.3, -0.25) is 0 Å². The highest BCUT2D eigenvalue weighted by Crippen LogP contribution is 2.21. The lowest BCUT2D eigenvalue weighted by Gasteiger charge is -2.33. The van der Waals surface area contributed by atoms with Gasteiger partial charge in [0.25, 0.3) is 0 Å². The largest absolute Gasteiger partial charge is 0.384 e. The van der Waals surface area contributed by atoms with Crippen LogP contribution in [0.15, 0.2) is 18.2 Å². The second-order valence-electron chi connectivity index (χ2n) is 4.55. The van der Waals surface area contributed by atoms with E-state index in [0.29, 0.717) is 5.92 Å². The molecule has 16 heavy (non-hydrogen) atoms. The summed E-state index contributed by atoms with van der Waals surface area (Å²) in [5.74, 6) is 1.77. The first-order valence-electron chi connectivity index (χ1n) is 5.97. The summed E-state index contributed by atoms with van der Waals surface area (Å²) in [6, 6.07) is 6.22. The Bertz CT molecular complexity index is 338. The van der Waals surface area contributed by atoms with E-state index in [0.717, 1.165) is 31.2 Å². The summed E-state index contributed by atoms with van der Waals surface area (Å²) >= 11 is 0. The molecule has 1 aromatic heterocycles. The van der Waals surface area contributed by atoms with E-state index >= 15 is 0 Å². The topological polar surface area (TPSA) is 25.4 Å². The fourth-order valence-electron chi connectivity index (χ4n) is 2.35. The van der Waals surface area contributed by atoms with Crippen LogP contribution in [0.5, 0.6) is 0 Å². The fraction of sp³-hybridized carbons (Fsp3) is 0.615. The van der Waals surface area contributed by atoms with Gasteiger partial charge in [0.15, 0.2) is 0 Å². The van der Waals surface area contributed by atoms with Gasteiger partial charge in [-0.2, -0.15) is 0 Å². The van der Waals surface area contributed by atoms with Crippen LogP contribution in [0.3, 0.4) is 0 Å². The van der Waals surface area contributed by atoms with Crippen molar-refractivity contribution in [3.8, 4) is 0 Å². The van der Waals surface area contributed by atoms with Gasteiger partial charge in [0.1, 0.15) is 5.82 Å². The first-order valence-corrected chi connectivity index (χ1v) is 5.97. The Morgan fingerprint density at radius 3 is 3.12 bits per heavy atom. The minimum Gasteiger partial charge on any atom is -0.384 e. The van der Waals surface area contributed by atoms with E-state index in [2.05, 4.69) is 22.0 Å². The number of hydrogen-bond acceptors (Lipinski definition) is 3. The third-order valence-corrected chi connectivity index (χ3v) is 3.12. The zero-order valence-electron chi connectivity index (χ0n) is 10.1. The zero-order valence-corrected chi connectivity index (χ0v) is 10.1. The van der Waals surface area contributed by atoms with Gasteiger partial charge in [-0.15, -0.1) is 0 Å². The Labute approximate surface area is 97.4 Å². The Kier molecular flexibility index (Phi) is 3.78. The maximum Gasteiger partial charge on any atom is 0.128 e. The number of nitrogens with zero attached hydrogens (tertiary/aromatic N) is 2. The van der Waals surface area contributed by atoms with Crippen LogP contribution in [0.2, 0.25) is 0 Å². The molecule has 0 amide bonds. The predicted octanol–water partition coefficient (Wildman–Crippen LogP) is 2.25. The van der Waals surface area contributed by atoms with Gasteiger partial charge in [0.2, 0.25) is 0 Å². The van der Waals surface area contributed by atoms with Crippen molar-refractivity contribution in [2.24, 2.45) is 5.92 Å². The number of anilines is 1. The van der Waals surface area contributed by atoms with Crippen LogP contribution in [0.25, 0.3) is 0 Å². The Morgan fingerprint density at radius 2 is 2.38 bits per heavy atom. The van der Waals surface area contributed by atoms with Crippen molar-refractivity contribution in [3.05, 3.63) is 23.9 Å². The first kappa shape index (κ1) is 11.4.